The quantitative estimate of drug-likeness (QED) is 0.691. The monoisotopic (exact) mass is 249 g/mol. The molecule has 1 aromatic rings. The molecule has 0 saturated heterocycles. The van der Waals surface area contributed by atoms with Crippen molar-refractivity contribution in [3.8, 4) is 11.8 Å². The fourth-order valence-electron chi connectivity index (χ4n) is 1.33. The van der Waals surface area contributed by atoms with Crippen LogP contribution in [0.3, 0.4) is 0 Å². The topological polar surface area (TPSA) is 81.1 Å². The average Bonchev–Trinajstić information content (AvgIpc) is 2.37. The number of nitrogens with two attached hydrogens (primary N) is 2. The van der Waals surface area contributed by atoms with Crippen LogP contribution in [0.4, 0.5) is 10.1 Å². The van der Waals surface area contributed by atoms with Gasteiger partial charge < -0.3 is 16.8 Å². The fraction of sp³-hybridized carbons (Fsp3) is 0.308. The minimum atomic E-state index is -0.434. The second kappa shape index (κ2) is 7.43. The number of nitrogens with one attached hydrogen (secondary N) is 1. The van der Waals surface area contributed by atoms with Crippen molar-refractivity contribution in [2.24, 2.45) is 11.5 Å². The lowest BCUT2D eigenvalue weighted by molar-refractivity contribution is -0.116. The van der Waals surface area contributed by atoms with E-state index in [2.05, 4.69) is 17.2 Å². The van der Waals surface area contributed by atoms with E-state index in [0.717, 1.165) is 0 Å². The number of anilines is 1. The summed E-state index contributed by atoms with van der Waals surface area (Å²) >= 11 is 0. The molecule has 0 aliphatic carbocycles. The lowest BCUT2D eigenvalue weighted by atomic mass is 10.2. The van der Waals surface area contributed by atoms with E-state index in [1.54, 1.807) is 0 Å². The van der Waals surface area contributed by atoms with Crippen LogP contribution in [0.1, 0.15) is 18.4 Å². The van der Waals surface area contributed by atoms with E-state index in [1.165, 1.54) is 18.2 Å². The molecule has 0 heterocycles. The number of halogens is 1. The molecule has 0 aliphatic heterocycles. The Kier molecular flexibility index (Phi) is 5.85. The third-order valence-electron chi connectivity index (χ3n) is 2.18. The molecule has 1 rings (SSSR count). The van der Waals surface area contributed by atoms with Gasteiger partial charge in [-0.2, -0.15) is 0 Å². The Morgan fingerprint density at radius 3 is 2.83 bits per heavy atom. The van der Waals surface area contributed by atoms with Gasteiger partial charge in [0.25, 0.3) is 0 Å². The highest BCUT2D eigenvalue weighted by Crippen LogP contribution is 2.14. The first kappa shape index (κ1) is 14.2. The predicted molar refractivity (Wildman–Crippen MR) is 69.3 cm³/mol. The van der Waals surface area contributed by atoms with Crippen LogP contribution in [-0.2, 0) is 4.79 Å². The molecule has 0 unspecified atom stereocenters. The number of hydrogen-bond acceptors (Lipinski definition) is 3. The minimum Gasteiger partial charge on any atom is -0.330 e. The highest BCUT2D eigenvalue weighted by atomic mass is 19.1. The summed E-state index contributed by atoms with van der Waals surface area (Å²) in [6.07, 6.45) is 0.963. The van der Waals surface area contributed by atoms with Gasteiger partial charge in [0.2, 0.25) is 5.91 Å². The molecule has 0 spiro atoms. The third kappa shape index (κ3) is 4.53. The standard InChI is InChI=1S/C13H16FN3O/c14-12-6-5-11(9-10(12)3-1-7-15)17-13(18)4-2-8-16/h5-6,9H,2,4,7-8,15-16H2,(H,17,18). The summed E-state index contributed by atoms with van der Waals surface area (Å²) in [5.74, 6) is 4.59. The van der Waals surface area contributed by atoms with Gasteiger partial charge >= 0.3 is 0 Å². The Hall–Kier alpha value is -1.90. The first-order valence-corrected chi connectivity index (χ1v) is 5.65. The molecular weight excluding hydrogens is 233 g/mol. The molecule has 0 aliphatic rings. The largest absolute Gasteiger partial charge is 0.330 e. The van der Waals surface area contributed by atoms with Crippen molar-refractivity contribution < 1.29 is 9.18 Å². The fourth-order valence-corrected chi connectivity index (χ4v) is 1.33. The van der Waals surface area contributed by atoms with Crippen LogP contribution in [0.15, 0.2) is 18.2 Å². The summed E-state index contributed by atoms with van der Waals surface area (Å²) in [7, 11) is 0. The molecule has 18 heavy (non-hydrogen) atoms. The molecular formula is C13H16FN3O. The number of rotatable bonds is 4. The summed E-state index contributed by atoms with van der Waals surface area (Å²) in [6, 6.07) is 4.24. The maximum Gasteiger partial charge on any atom is 0.224 e. The molecule has 0 aromatic heterocycles. The highest BCUT2D eigenvalue weighted by Gasteiger charge is 2.04. The zero-order chi connectivity index (χ0) is 13.4. The Bertz CT molecular complexity index is 477. The molecule has 0 bridgehead atoms. The number of amides is 1. The Morgan fingerprint density at radius 2 is 2.17 bits per heavy atom. The van der Waals surface area contributed by atoms with Crippen LogP contribution in [-0.4, -0.2) is 19.0 Å². The van der Waals surface area contributed by atoms with Gasteiger partial charge in [-0.25, -0.2) is 4.39 Å². The van der Waals surface area contributed by atoms with E-state index in [1.807, 2.05) is 0 Å². The first-order valence-electron chi connectivity index (χ1n) is 5.65. The molecule has 0 radical (unpaired) electrons. The molecule has 1 amide bonds. The van der Waals surface area contributed by atoms with Crippen LogP contribution >= 0.6 is 0 Å². The summed E-state index contributed by atoms with van der Waals surface area (Å²) in [6.45, 7) is 0.622. The second-order valence-corrected chi connectivity index (χ2v) is 3.64. The highest BCUT2D eigenvalue weighted by molar-refractivity contribution is 5.90. The molecule has 0 saturated carbocycles. The second-order valence-electron chi connectivity index (χ2n) is 3.64. The van der Waals surface area contributed by atoms with Crippen LogP contribution in [0.25, 0.3) is 0 Å². The van der Waals surface area contributed by atoms with Crippen LogP contribution in [0, 0.1) is 17.7 Å². The molecule has 1 aromatic carbocycles. The summed E-state index contributed by atoms with van der Waals surface area (Å²) in [5, 5.41) is 2.66. The van der Waals surface area contributed by atoms with E-state index in [4.69, 9.17) is 11.5 Å². The summed E-state index contributed by atoms with van der Waals surface area (Å²) < 4.78 is 13.4. The van der Waals surface area contributed by atoms with Gasteiger partial charge in [-0.15, -0.1) is 0 Å². The normalized spacial score (nSPS) is 9.50. The molecule has 5 N–H and O–H groups in total. The van der Waals surface area contributed by atoms with E-state index in [-0.39, 0.29) is 18.0 Å². The van der Waals surface area contributed by atoms with Crippen molar-refractivity contribution >= 4 is 11.6 Å². The smallest absolute Gasteiger partial charge is 0.224 e. The van der Waals surface area contributed by atoms with Crippen LogP contribution < -0.4 is 16.8 Å². The third-order valence-corrected chi connectivity index (χ3v) is 2.18. The van der Waals surface area contributed by atoms with Gasteiger partial charge in [-0.05, 0) is 31.2 Å². The molecule has 0 atom stereocenters. The number of benzene rings is 1. The van der Waals surface area contributed by atoms with Crippen molar-refractivity contribution in [3.05, 3.63) is 29.6 Å². The van der Waals surface area contributed by atoms with E-state index < -0.39 is 5.82 Å². The molecule has 96 valence electrons. The molecule has 0 fully saturated rings. The van der Waals surface area contributed by atoms with Gasteiger partial charge in [0.1, 0.15) is 5.82 Å². The average molecular weight is 249 g/mol. The van der Waals surface area contributed by atoms with Crippen molar-refractivity contribution in [1.29, 1.82) is 0 Å². The van der Waals surface area contributed by atoms with Gasteiger partial charge in [-0.3, -0.25) is 4.79 Å². The Morgan fingerprint density at radius 1 is 1.39 bits per heavy atom. The summed E-state index contributed by atoms with van der Waals surface area (Å²) in [5.41, 5.74) is 11.3. The van der Waals surface area contributed by atoms with Gasteiger partial charge in [0, 0.05) is 12.1 Å². The van der Waals surface area contributed by atoms with Crippen LogP contribution in [0.2, 0.25) is 0 Å². The number of hydrogen-bond donors (Lipinski definition) is 3. The van der Waals surface area contributed by atoms with Crippen molar-refractivity contribution in [2.75, 3.05) is 18.4 Å². The van der Waals surface area contributed by atoms with Gasteiger partial charge in [-0.1, -0.05) is 11.8 Å². The zero-order valence-electron chi connectivity index (χ0n) is 10.0. The lowest BCUT2D eigenvalue weighted by Crippen LogP contribution is -2.13. The predicted octanol–water partition coefficient (Wildman–Crippen LogP) is 0.813. The molecule has 4 nitrogen and oxygen atoms in total. The zero-order valence-corrected chi connectivity index (χ0v) is 10.0. The van der Waals surface area contributed by atoms with E-state index in [9.17, 15) is 9.18 Å². The van der Waals surface area contributed by atoms with Crippen LogP contribution in [0.5, 0.6) is 0 Å². The van der Waals surface area contributed by atoms with E-state index >= 15 is 0 Å². The minimum absolute atomic E-state index is 0.148. The Balaban J connectivity index is 2.75. The van der Waals surface area contributed by atoms with Crippen molar-refractivity contribution in [2.45, 2.75) is 12.8 Å². The Labute approximate surface area is 106 Å². The molecule has 5 heteroatoms. The van der Waals surface area contributed by atoms with Crippen molar-refractivity contribution in [3.63, 3.8) is 0 Å². The number of carbonyl (C=O) groups excluding carboxylic acids is 1. The van der Waals surface area contributed by atoms with Crippen molar-refractivity contribution in [1.82, 2.24) is 0 Å². The summed E-state index contributed by atoms with van der Waals surface area (Å²) in [4.78, 5) is 11.5. The first-order chi connectivity index (χ1) is 8.67. The number of carbonyl (C=O) groups is 1. The van der Waals surface area contributed by atoms with Gasteiger partial charge in [0.15, 0.2) is 0 Å². The maximum atomic E-state index is 13.4. The van der Waals surface area contributed by atoms with Gasteiger partial charge in [0.05, 0.1) is 12.1 Å². The van der Waals surface area contributed by atoms with E-state index in [0.29, 0.717) is 25.1 Å². The SMILES string of the molecule is NCC#Cc1cc(NC(=O)CCCN)ccc1F. The lowest BCUT2D eigenvalue weighted by Gasteiger charge is -2.05. The maximum absolute atomic E-state index is 13.4.